The Morgan fingerprint density at radius 1 is 1.36 bits per heavy atom. The van der Waals surface area contributed by atoms with Crippen molar-refractivity contribution in [3.05, 3.63) is 39.8 Å². The van der Waals surface area contributed by atoms with Gasteiger partial charge in [0.05, 0.1) is 16.6 Å². The summed E-state index contributed by atoms with van der Waals surface area (Å²) in [4.78, 5) is 22.7. The van der Waals surface area contributed by atoms with Crippen LogP contribution in [0.3, 0.4) is 0 Å². The molecular weight excluding hydrogens is 320 g/mol. The molecule has 0 saturated heterocycles. The van der Waals surface area contributed by atoms with Gasteiger partial charge in [-0.2, -0.15) is 4.98 Å². The summed E-state index contributed by atoms with van der Waals surface area (Å²) in [6, 6.07) is 3.64. The van der Waals surface area contributed by atoms with E-state index < -0.39 is 0 Å². The van der Waals surface area contributed by atoms with Gasteiger partial charge in [0.15, 0.2) is 5.82 Å². The summed E-state index contributed by atoms with van der Waals surface area (Å²) in [6.45, 7) is 5.37. The third-order valence-electron chi connectivity index (χ3n) is 3.01. The Hall–Kier alpha value is -2.06. The van der Waals surface area contributed by atoms with Crippen LogP contribution in [-0.4, -0.2) is 21.0 Å². The second-order valence-electron chi connectivity index (χ2n) is 4.78. The lowest BCUT2D eigenvalue weighted by Gasteiger charge is -2.08. The Bertz CT molecular complexity index is 792. The van der Waals surface area contributed by atoms with Gasteiger partial charge in [-0.3, -0.25) is 4.79 Å². The molecule has 1 N–H and O–H groups in total. The first-order valence-electron chi connectivity index (χ1n) is 6.67. The second-order valence-corrected chi connectivity index (χ2v) is 6.72. The summed E-state index contributed by atoms with van der Waals surface area (Å²) in [7, 11) is 0. The average molecular weight is 334 g/mol. The number of nitrogens with one attached hydrogen (secondary N) is 1. The molecule has 3 aromatic rings. The molecule has 0 fully saturated rings. The van der Waals surface area contributed by atoms with Crippen molar-refractivity contribution in [3.8, 4) is 9.88 Å². The van der Waals surface area contributed by atoms with E-state index in [2.05, 4.69) is 20.4 Å². The van der Waals surface area contributed by atoms with E-state index in [1.165, 1.54) is 11.3 Å². The number of hydrogen-bond donors (Lipinski definition) is 1. The molecule has 0 spiro atoms. The van der Waals surface area contributed by atoms with Crippen LogP contribution in [0.5, 0.6) is 0 Å². The maximum absolute atomic E-state index is 12.4. The van der Waals surface area contributed by atoms with Gasteiger partial charge >= 0.3 is 0 Å². The zero-order chi connectivity index (χ0) is 15.7. The van der Waals surface area contributed by atoms with Crippen LogP contribution < -0.4 is 5.32 Å². The predicted octanol–water partition coefficient (Wildman–Crippen LogP) is 3.36. The minimum atomic E-state index is -0.323. The monoisotopic (exact) mass is 334 g/mol. The number of hydrogen-bond acceptors (Lipinski definition) is 7. The third-order valence-corrected chi connectivity index (χ3v) is 5.21. The Morgan fingerprint density at radius 2 is 2.18 bits per heavy atom. The largest absolute Gasteiger partial charge is 0.341 e. The summed E-state index contributed by atoms with van der Waals surface area (Å²) in [5.74, 6) is 0.768. The zero-order valence-electron chi connectivity index (χ0n) is 12.3. The topological polar surface area (TPSA) is 80.9 Å². The normalized spacial score (nSPS) is 12.3. The van der Waals surface area contributed by atoms with Gasteiger partial charge in [0, 0.05) is 6.92 Å². The number of thiazole rings is 1. The maximum atomic E-state index is 12.4. The molecule has 1 unspecified atom stereocenters. The highest BCUT2D eigenvalue weighted by molar-refractivity contribution is 7.22. The fourth-order valence-electron chi connectivity index (χ4n) is 1.93. The fourth-order valence-corrected chi connectivity index (χ4v) is 3.70. The molecule has 0 aliphatic heterocycles. The zero-order valence-corrected chi connectivity index (χ0v) is 13.9. The minimum Gasteiger partial charge on any atom is -0.341 e. The van der Waals surface area contributed by atoms with Crippen molar-refractivity contribution >= 4 is 28.6 Å². The van der Waals surface area contributed by atoms with Gasteiger partial charge in [0.25, 0.3) is 5.91 Å². The van der Waals surface area contributed by atoms with Crippen LogP contribution in [0.25, 0.3) is 9.88 Å². The molecular formula is C14H14N4O2S2. The minimum absolute atomic E-state index is 0.173. The van der Waals surface area contributed by atoms with E-state index in [1.54, 1.807) is 18.3 Å². The number of carbonyl (C=O) groups is 1. The van der Waals surface area contributed by atoms with Crippen LogP contribution in [0.1, 0.15) is 40.0 Å². The van der Waals surface area contributed by atoms with Gasteiger partial charge < -0.3 is 9.84 Å². The lowest BCUT2D eigenvalue weighted by Crippen LogP contribution is -2.27. The molecule has 3 rings (SSSR count). The summed E-state index contributed by atoms with van der Waals surface area (Å²) in [6.07, 6.45) is 0. The maximum Gasteiger partial charge on any atom is 0.263 e. The van der Waals surface area contributed by atoms with E-state index in [0.717, 1.165) is 15.6 Å². The number of amides is 1. The second kappa shape index (κ2) is 5.98. The first-order chi connectivity index (χ1) is 10.5. The van der Waals surface area contributed by atoms with Crippen molar-refractivity contribution in [2.24, 2.45) is 0 Å². The quantitative estimate of drug-likeness (QED) is 0.791. The highest BCUT2D eigenvalue weighted by Gasteiger charge is 2.20. The van der Waals surface area contributed by atoms with Crippen LogP contribution in [0, 0.1) is 13.8 Å². The number of thiophene rings is 1. The summed E-state index contributed by atoms with van der Waals surface area (Å²) >= 11 is 3.00. The van der Waals surface area contributed by atoms with Crippen LogP contribution in [0.2, 0.25) is 0 Å². The Kier molecular flexibility index (Phi) is 4.04. The van der Waals surface area contributed by atoms with Crippen LogP contribution in [0.15, 0.2) is 22.0 Å². The van der Waals surface area contributed by atoms with E-state index in [-0.39, 0.29) is 11.9 Å². The number of rotatable bonds is 4. The molecule has 114 valence electrons. The third kappa shape index (κ3) is 2.93. The van der Waals surface area contributed by atoms with Crippen LogP contribution in [-0.2, 0) is 0 Å². The molecule has 3 aromatic heterocycles. The van der Waals surface area contributed by atoms with E-state index in [9.17, 15) is 4.79 Å². The van der Waals surface area contributed by atoms with Gasteiger partial charge in [-0.05, 0) is 25.3 Å². The standard InChI is InChI=1S/C14H14N4O2S2/c1-7-11(22-14(16-7)10-5-4-6-21-10)13(19)15-8(2)12-17-9(3)20-18-12/h4-6,8H,1-3H3,(H,15,19). The van der Waals surface area contributed by atoms with Crippen LogP contribution in [0.4, 0.5) is 0 Å². The van der Waals surface area contributed by atoms with Gasteiger partial charge in [-0.25, -0.2) is 4.98 Å². The molecule has 0 aliphatic carbocycles. The Morgan fingerprint density at radius 3 is 2.82 bits per heavy atom. The predicted molar refractivity (Wildman–Crippen MR) is 85.1 cm³/mol. The van der Waals surface area contributed by atoms with E-state index in [4.69, 9.17) is 4.52 Å². The Labute approximate surface area is 135 Å². The van der Waals surface area contributed by atoms with Gasteiger partial charge in [0.1, 0.15) is 9.88 Å². The van der Waals surface area contributed by atoms with Gasteiger partial charge in [-0.15, -0.1) is 22.7 Å². The number of carbonyl (C=O) groups excluding carboxylic acids is 1. The molecule has 3 heterocycles. The van der Waals surface area contributed by atoms with Gasteiger partial charge in [0.2, 0.25) is 5.89 Å². The van der Waals surface area contributed by atoms with Crippen molar-refractivity contribution in [1.82, 2.24) is 20.4 Å². The molecule has 0 aliphatic rings. The van der Waals surface area contributed by atoms with Crippen molar-refractivity contribution in [3.63, 3.8) is 0 Å². The smallest absolute Gasteiger partial charge is 0.263 e. The molecule has 8 heteroatoms. The van der Waals surface area contributed by atoms with Crippen LogP contribution >= 0.6 is 22.7 Å². The van der Waals surface area contributed by atoms with Crippen molar-refractivity contribution in [2.45, 2.75) is 26.8 Å². The molecule has 0 radical (unpaired) electrons. The molecule has 6 nitrogen and oxygen atoms in total. The summed E-state index contributed by atoms with van der Waals surface area (Å²) in [5, 5.41) is 9.55. The van der Waals surface area contributed by atoms with Crippen molar-refractivity contribution in [2.75, 3.05) is 0 Å². The number of aromatic nitrogens is 3. The SMILES string of the molecule is Cc1nc(C(C)NC(=O)c2sc(-c3cccs3)nc2C)no1. The molecule has 1 atom stereocenters. The first-order valence-corrected chi connectivity index (χ1v) is 8.36. The fraction of sp³-hybridized carbons (Fsp3) is 0.286. The van der Waals surface area contributed by atoms with Crippen molar-refractivity contribution in [1.29, 1.82) is 0 Å². The molecule has 0 bridgehead atoms. The lowest BCUT2D eigenvalue weighted by atomic mass is 10.3. The van der Waals surface area contributed by atoms with E-state index in [0.29, 0.717) is 16.6 Å². The lowest BCUT2D eigenvalue weighted by molar-refractivity contribution is 0.0941. The summed E-state index contributed by atoms with van der Waals surface area (Å²) in [5.41, 5.74) is 0.724. The molecule has 0 aromatic carbocycles. The highest BCUT2D eigenvalue weighted by Crippen LogP contribution is 2.31. The molecule has 1 amide bonds. The average Bonchev–Trinajstić information content (AvgIpc) is 3.18. The Balaban J connectivity index is 1.78. The first kappa shape index (κ1) is 14.9. The highest BCUT2D eigenvalue weighted by atomic mass is 32.1. The summed E-state index contributed by atoms with van der Waals surface area (Å²) < 4.78 is 4.93. The van der Waals surface area contributed by atoms with Crippen molar-refractivity contribution < 1.29 is 9.32 Å². The molecule has 0 saturated carbocycles. The van der Waals surface area contributed by atoms with Gasteiger partial charge in [-0.1, -0.05) is 11.2 Å². The van der Waals surface area contributed by atoms with E-state index in [1.807, 2.05) is 31.4 Å². The number of aryl methyl sites for hydroxylation is 2. The van der Waals surface area contributed by atoms with E-state index >= 15 is 0 Å². The molecule has 22 heavy (non-hydrogen) atoms. The number of nitrogens with zero attached hydrogens (tertiary/aromatic N) is 3.